The van der Waals surface area contributed by atoms with E-state index in [4.69, 9.17) is 4.74 Å². The van der Waals surface area contributed by atoms with Gasteiger partial charge in [0.25, 0.3) is 0 Å². The fraction of sp³-hybridized carbons (Fsp3) is 0.769. The van der Waals surface area contributed by atoms with Gasteiger partial charge in [0.1, 0.15) is 6.10 Å². The summed E-state index contributed by atoms with van der Waals surface area (Å²) in [7, 11) is 2.05. The zero-order valence-corrected chi connectivity index (χ0v) is 10.7. The lowest BCUT2D eigenvalue weighted by Gasteiger charge is -2.34. The van der Waals surface area contributed by atoms with Gasteiger partial charge in [0, 0.05) is 24.1 Å². The number of aliphatic hydroxyl groups excluding tert-OH is 1. The molecule has 0 aromatic carbocycles. The lowest BCUT2D eigenvalue weighted by Crippen LogP contribution is -2.44. The summed E-state index contributed by atoms with van der Waals surface area (Å²) >= 11 is 0. The molecule has 0 saturated carbocycles. The zero-order valence-electron chi connectivity index (χ0n) is 10.7. The van der Waals surface area contributed by atoms with Crippen molar-refractivity contribution in [3.05, 3.63) is 11.6 Å². The van der Waals surface area contributed by atoms with Gasteiger partial charge in [-0.05, 0) is 33.7 Å². The molecule has 0 aromatic rings. The number of aliphatic hydroxyl groups is 1. The largest absolute Gasteiger partial charge is 0.457 e. The van der Waals surface area contributed by atoms with Crippen molar-refractivity contribution in [2.24, 2.45) is 0 Å². The highest BCUT2D eigenvalue weighted by Crippen LogP contribution is 2.36. The molecular formula is C13H21NO3. The number of hydrogen-bond donors (Lipinski definition) is 1. The van der Waals surface area contributed by atoms with Crippen molar-refractivity contribution in [3.8, 4) is 0 Å². The van der Waals surface area contributed by atoms with Gasteiger partial charge in [-0.1, -0.05) is 6.08 Å². The van der Waals surface area contributed by atoms with Gasteiger partial charge in [0.05, 0.1) is 6.10 Å². The van der Waals surface area contributed by atoms with Crippen molar-refractivity contribution in [2.75, 3.05) is 7.05 Å². The third-order valence-corrected chi connectivity index (χ3v) is 4.10. The first-order valence-electron chi connectivity index (χ1n) is 6.26. The Balaban J connectivity index is 2.02. The Labute approximate surface area is 102 Å². The molecule has 2 fully saturated rings. The van der Waals surface area contributed by atoms with Gasteiger partial charge >= 0.3 is 5.97 Å². The zero-order chi connectivity index (χ0) is 12.6. The quantitative estimate of drug-likeness (QED) is 0.579. The van der Waals surface area contributed by atoms with E-state index < -0.39 is 0 Å². The summed E-state index contributed by atoms with van der Waals surface area (Å²) < 4.78 is 5.54. The van der Waals surface area contributed by atoms with Gasteiger partial charge in [0.2, 0.25) is 0 Å². The highest BCUT2D eigenvalue weighted by molar-refractivity contribution is 5.87. The minimum atomic E-state index is -0.243. The Morgan fingerprint density at radius 2 is 2.12 bits per heavy atom. The van der Waals surface area contributed by atoms with Crippen LogP contribution in [0.5, 0.6) is 0 Å². The second kappa shape index (κ2) is 4.78. The molecule has 0 unspecified atom stereocenters. The Bertz CT molecular complexity index is 340. The van der Waals surface area contributed by atoms with Crippen LogP contribution in [0.1, 0.15) is 33.1 Å². The summed E-state index contributed by atoms with van der Waals surface area (Å²) in [5.74, 6) is -0.229. The van der Waals surface area contributed by atoms with E-state index in [0.29, 0.717) is 18.0 Å². The van der Waals surface area contributed by atoms with Gasteiger partial charge < -0.3 is 9.84 Å². The molecule has 0 spiro atoms. The average Bonchev–Trinajstić information content (AvgIpc) is 2.49. The average molecular weight is 239 g/mol. The van der Waals surface area contributed by atoms with E-state index in [1.807, 2.05) is 6.92 Å². The predicted octanol–water partition coefficient (Wildman–Crippen LogP) is 1.09. The number of nitrogens with zero attached hydrogens (tertiary/aromatic N) is 1. The first-order valence-corrected chi connectivity index (χ1v) is 6.26. The number of ether oxygens (including phenoxy) is 1. The molecule has 0 amide bonds. The van der Waals surface area contributed by atoms with Crippen molar-refractivity contribution >= 4 is 5.97 Å². The van der Waals surface area contributed by atoms with E-state index in [0.717, 1.165) is 12.8 Å². The highest BCUT2D eigenvalue weighted by Gasteiger charge is 2.46. The Kier molecular flexibility index (Phi) is 3.54. The Morgan fingerprint density at radius 1 is 1.41 bits per heavy atom. The Morgan fingerprint density at radius 3 is 2.76 bits per heavy atom. The van der Waals surface area contributed by atoms with Gasteiger partial charge in [-0.2, -0.15) is 0 Å². The fourth-order valence-electron chi connectivity index (χ4n) is 2.87. The number of carbonyl (C=O) groups excluding carboxylic acids is 1. The lowest BCUT2D eigenvalue weighted by molar-refractivity contribution is -0.145. The first kappa shape index (κ1) is 12.6. The summed E-state index contributed by atoms with van der Waals surface area (Å²) in [5.41, 5.74) is 0.648. The molecule has 2 aliphatic rings. The second-order valence-electron chi connectivity index (χ2n) is 5.16. The van der Waals surface area contributed by atoms with Gasteiger partial charge in [-0.15, -0.1) is 0 Å². The molecular weight excluding hydrogens is 218 g/mol. The lowest BCUT2D eigenvalue weighted by atomic mass is 10.0. The normalized spacial score (nSPS) is 38.2. The number of allylic oxidation sites excluding steroid dienone is 1. The third-order valence-electron chi connectivity index (χ3n) is 4.10. The standard InChI is InChI=1S/C13H21NO3/c1-4-8(2)13(16)17-12-6-9-5-10(15)7-11(12)14(9)3/h4,9-12,15H,5-7H2,1-3H3/b8-4+/t9-,10+,11+,12-/m1/s1. The van der Waals surface area contributed by atoms with Gasteiger partial charge in [-0.3, -0.25) is 4.90 Å². The minimum absolute atomic E-state index is 0.0652. The maximum absolute atomic E-state index is 11.7. The number of likely N-dealkylation sites (N-methyl/N-ethyl adjacent to an activating group) is 1. The third kappa shape index (κ3) is 2.38. The number of hydrogen-bond acceptors (Lipinski definition) is 4. The van der Waals surface area contributed by atoms with Crippen LogP contribution in [0.4, 0.5) is 0 Å². The van der Waals surface area contributed by atoms with E-state index in [1.54, 1.807) is 13.0 Å². The summed E-state index contributed by atoms with van der Waals surface area (Å²) in [5, 5.41) is 9.74. The smallest absolute Gasteiger partial charge is 0.333 e. The SMILES string of the molecule is C/C=C(\C)C(=O)O[C@@H]1C[C@H]2C[C@H](O)C[C@@H]1N2C. The van der Waals surface area contributed by atoms with Crippen LogP contribution < -0.4 is 0 Å². The molecule has 17 heavy (non-hydrogen) atoms. The van der Waals surface area contributed by atoms with Crippen LogP contribution in [0.25, 0.3) is 0 Å². The molecule has 4 nitrogen and oxygen atoms in total. The number of fused-ring (bicyclic) bond motifs is 2. The summed E-state index contributed by atoms with van der Waals surface area (Å²) in [6.07, 6.45) is 3.81. The predicted molar refractivity (Wildman–Crippen MR) is 64.5 cm³/mol. The molecule has 2 aliphatic heterocycles. The number of esters is 1. The number of rotatable bonds is 2. The van der Waals surface area contributed by atoms with Gasteiger partial charge in [-0.25, -0.2) is 4.79 Å². The van der Waals surface area contributed by atoms with E-state index in [2.05, 4.69) is 11.9 Å². The van der Waals surface area contributed by atoms with Crippen LogP contribution in [0.2, 0.25) is 0 Å². The molecule has 2 heterocycles. The van der Waals surface area contributed by atoms with Crippen LogP contribution in [-0.2, 0) is 9.53 Å². The molecule has 2 bridgehead atoms. The van der Waals surface area contributed by atoms with E-state index in [-0.39, 0.29) is 24.2 Å². The molecule has 0 aromatic heterocycles. The van der Waals surface area contributed by atoms with Crippen LogP contribution in [0, 0.1) is 0 Å². The molecule has 0 aliphatic carbocycles. The molecule has 2 saturated heterocycles. The molecule has 4 heteroatoms. The van der Waals surface area contributed by atoms with Crippen LogP contribution in [0.3, 0.4) is 0 Å². The monoisotopic (exact) mass is 239 g/mol. The van der Waals surface area contributed by atoms with Crippen molar-refractivity contribution in [2.45, 2.75) is 57.4 Å². The summed E-state index contributed by atoms with van der Waals surface area (Å²) in [6, 6.07) is 0.532. The molecule has 4 atom stereocenters. The molecule has 0 radical (unpaired) electrons. The maximum atomic E-state index is 11.7. The maximum Gasteiger partial charge on any atom is 0.333 e. The summed E-state index contributed by atoms with van der Waals surface area (Å²) in [4.78, 5) is 14.0. The Hall–Kier alpha value is -0.870. The number of carbonyl (C=O) groups is 1. The molecule has 2 rings (SSSR count). The highest BCUT2D eigenvalue weighted by atomic mass is 16.5. The van der Waals surface area contributed by atoms with Crippen molar-refractivity contribution in [1.29, 1.82) is 0 Å². The van der Waals surface area contributed by atoms with Crippen molar-refractivity contribution < 1.29 is 14.6 Å². The van der Waals surface area contributed by atoms with Gasteiger partial charge in [0.15, 0.2) is 0 Å². The van der Waals surface area contributed by atoms with Crippen LogP contribution >= 0.6 is 0 Å². The topological polar surface area (TPSA) is 49.8 Å². The minimum Gasteiger partial charge on any atom is -0.457 e. The van der Waals surface area contributed by atoms with Crippen molar-refractivity contribution in [1.82, 2.24) is 4.90 Å². The number of piperidine rings is 1. The van der Waals surface area contributed by atoms with E-state index >= 15 is 0 Å². The van der Waals surface area contributed by atoms with E-state index in [9.17, 15) is 9.90 Å². The first-order chi connectivity index (χ1) is 8.02. The fourth-order valence-corrected chi connectivity index (χ4v) is 2.87. The molecule has 1 N–H and O–H groups in total. The van der Waals surface area contributed by atoms with E-state index in [1.165, 1.54) is 0 Å². The van der Waals surface area contributed by atoms with Crippen LogP contribution in [-0.4, -0.2) is 47.3 Å². The second-order valence-corrected chi connectivity index (χ2v) is 5.16. The molecule has 96 valence electrons. The van der Waals surface area contributed by atoms with Crippen LogP contribution in [0.15, 0.2) is 11.6 Å². The summed E-state index contributed by atoms with van der Waals surface area (Å²) in [6.45, 7) is 3.60. The van der Waals surface area contributed by atoms with Crippen molar-refractivity contribution in [3.63, 3.8) is 0 Å².